The van der Waals surface area contributed by atoms with Crippen molar-refractivity contribution >= 4 is 37.4 Å². The lowest BCUT2D eigenvalue weighted by atomic mass is 10.00. The van der Waals surface area contributed by atoms with Gasteiger partial charge in [-0.2, -0.15) is 0 Å². The lowest BCUT2D eigenvalue weighted by molar-refractivity contribution is -0.0426. The van der Waals surface area contributed by atoms with Crippen LogP contribution in [0.3, 0.4) is 0 Å². The number of piperidine rings is 1. The minimum atomic E-state index is -2.14. The molecule has 3 heterocycles. The van der Waals surface area contributed by atoms with Gasteiger partial charge < -0.3 is 14.7 Å². The van der Waals surface area contributed by atoms with Crippen LogP contribution in [-0.4, -0.2) is 59.7 Å². The van der Waals surface area contributed by atoms with Crippen molar-refractivity contribution in [1.29, 1.82) is 5.41 Å². The van der Waals surface area contributed by atoms with Crippen LogP contribution in [0.1, 0.15) is 43.4 Å². The number of nitrogens with one attached hydrogen (secondary N) is 2. The van der Waals surface area contributed by atoms with Crippen LogP contribution in [-0.2, 0) is 4.53 Å². The molecule has 0 saturated carbocycles. The molecule has 0 aromatic carbocycles. The zero-order valence-corrected chi connectivity index (χ0v) is 18.2. The average Bonchev–Trinajstić information content (AvgIpc) is 3.18. The first kappa shape index (κ1) is 20.0. The van der Waals surface area contributed by atoms with Gasteiger partial charge in [-0.05, 0) is 31.0 Å². The molecule has 1 aromatic rings. The van der Waals surface area contributed by atoms with Gasteiger partial charge in [0.05, 0.1) is 12.1 Å². The molecular formula is C17H27N5O3SSi. The molecule has 2 fully saturated rings. The molecule has 10 heteroatoms. The Labute approximate surface area is 164 Å². The predicted molar refractivity (Wildman–Crippen MR) is 106 cm³/mol. The van der Waals surface area contributed by atoms with Crippen LogP contribution >= 0.6 is 11.3 Å². The summed E-state index contributed by atoms with van der Waals surface area (Å²) in [4.78, 5) is 30.7. The van der Waals surface area contributed by atoms with Gasteiger partial charge in [-0.15, -0.1) is 11.3 Å². The maximum Gasteiger partial charge on any atom is 0.343 e. The fourth-order valence-electron chi connectivity index (χ4n) is 3.03. The summed E-state index contributed by atoms with van der Waals surface area (Å²) >= 11 is 1.22. The zero-order chi connectivity index (χ0) is 20.0. The molecular weight excluding hydrogens is 382 g/mol. The Morgan fingerprint density at radius 1 is 1.41 bits per heavy atom. The summed E-state index contributed by atoms with van der Waals surface area (Å²) in [6, 6.07) is -0.642. The van der Waals surface area contributed by atoms with E-state index in [1.165, 1.54) is 16.4 Å². The monoisotopic (exact) mass is 409 g/mol. The highest BCUT2D eigenvalue weighted by molar-refractivity contribution is 7.11. The van der Waals surface area contributed by atoms with Crippen LogP contribution in [0.4, 0.5) is 4.79 Å². The Morgan fingerprint density at radius 2 is 2.11 bits per heavy atom. The third kappa shape index (κ3) is 3.78. The Kier molecular flexibility index (Phi) is 5.17. The van der Waals surface area contributed by atoms with Crippen LogP contribution in [0, 0.1) is 5.41 Å². The van der Waals surface area contributed by atoms with Gasteiger partial charge in [-0.3, -0.25) is 10.2 Å². The molecule has 3 amide bonds. The quantitative estimate of drug-likeness (QED) is 0.453. The van der Waals surface area contributed by atoms with E-state index in [1.54, 1.807) is 16.5 Å². The van der Waals surface area contributed by atoms with E-state index in [1.807, 2.05) is 0 Å². The molecule has 2 saturated heterocycles. The molecule has 1 aromatic heterocycles. The number of urea groups is 1. The summed E-state index contributed by atoms with van der Waals surface area (Å²) < 4.78 is 6.27. The van der Waals surface area contributed by atoms with Crippen LogP contribution in [0.15, 0.2) is 11.6 Å². The highest BCUT2D eigenvalue weighted by Gasteiger charge is 2.50. The maximum atomic E-state index is 13.0. The number of carbonyl (C=O) groups excluding carboxylic acids is 2. The van der Waals surface area contributed by atoms with E-state index in [0.29, 0.717) is 18.0 Å². The molecule has 2 N–H and O–H groups in total. The van der Waals surface area contributed by atoms with Crippen molar-refractivity contribution in [1.82, 2.24) is 20.3 Å². The number of nitrogens with zero attached hydrogens (tertiary/aromatic N) is 3. The fraction of sp³-hybridized carbons (Fsp3) is 0.647. The van der Waals surface area contributed by atoms with Crippen molar-refractivity contribution in [3.8, 4) is 0 Å². The van der Waals surface area contributed by atoms with E-state index in [2.05, 4.69) is 44.2 Å². The van der Waals surface area contributed by atoms with Gasteiger partial charge in [-0.1, -0.05) is 20.8 Å². The fourth-order valence-corrected chi connectivity index (χ4v) is 4.55. The third-order valence-electron chi connectivity index (χ3n) is 5.66. The van der Waals surface area contributed by atoms with Crippen molar-refractivity contribution in [3.05, 3.63) is 16.6 Å². The number of rotatable bonds is 4. The van der Waals surface area contributed by atoms with Gasteiger partial charge in [0, 0.05) is 18.1 Å². The van der Waals surface area contributed by atoms with Crippen molar-refractivity contribution in [2.24, 2.45) is 0 Å². The van der Waals surface area contributed by atoms with Crippen molar-refractivity contribution in [2.75, 3.05) is 6.54 Å². The summed E-state index contributed by atoms with van der Waals surface area (Å²) in [6.45, 7) is 11.2. The third-order valence-corrected chi connectivity index (χ3v) is 10.7. The number of amidine groups is 1. The first-order valence-electron chi connectivity index (χ1n) is 9.09. The smallest absolute Gasteiger partial charge is 0.315 e. The molecule has 0 spiro atoms. The van der Waals surface area contributed by atoms with E-state index in [0.717, 1.165) is 6.42 Å². The van der Waals surface area contributed by atoms with Gasteiger partial charge in [0.2, 0.25) is 8.32 Å². The molecule has 27 heavy (non-hydrogen) atoms. The first-order chi connectivity index (χ1) is 12.5. The first-order valence-corrected chi connectivity index (χ1v) is 12.9. The van der Waals surface area contributed by atoms with E-state index in [4.69, 9.17) is 9.94 Å². The number of amides is 3. The second kappa shape index (κ2) is 6.99. The highest BCUT2D eigenvalue weighted by Crippen LogP contribution is 2.40. The molecule has 0 unspecified atom stereocenters. The van der Waals surface area contributed by atoms with E-state index >= 15 is 0 Å². The molecule has 8 nitrogen and oxygen atoms in total. The average molecular weight is 410 g/mol. The summed E-state index contributed by atoms with van der Waals surface area (Å²) in [5.41, 5.74) is 0. The normalized spacial score (nSPS) is 22.9. The number of hydroxylamine groups is 2. The minimum absolute atomic E-state index is 0.00494. The Balaban J connectivity index is 1.69. The van der Waals surface area contributed by atoms with Crippen molar-refractivity contribution < 1.29 is 14.1 Å². The summed E-state index contributed by atoms with van der Waals surface area (Å²) in [6.07, 6.45) is 2.93. The number of hydrogen-bond acceptors (Lipinski definition) is 6. The summed E-state index contributed by atoms with van der Waals surface area (Å²) in [5, 5.41) is 14.4. The highest BCUT2D eigenvalue weighted by atomic mass is 32.1. The number of carbonyl (C=O) groups is 2. The lowest BCUT2D eigenvalue weighted by Crippen LogP contribution is -2.51. The Morgan fingerprint density at radius 3 is 2.70 bits per heavy atom. The molecule has 3 rings (SSSR count). The van der Waals surface area contributed by atoms with E-state index in [-0.39, 0.29) is 22.9 Å². The van der Waals surface area contributed by atoms with Gasteiger partial charge in [-0.25, -0.2) is 14.8 Å². The molecule has 2 aliphatic heterocycles. The van der Waals surface area contributed by atoms with Gasteiger partial charge >= 0.3 is 6.03 Å². The van der Waals surface area contributed by atoms with Crippen LogP contribution < -0.4 is 5.32 Å². The largest absolute Gasteiger partial charge is 0.343 e. The Bertz CT molecular complexity index is 746. The van der Waals surface area contributed by atoms with Crippen molar-refractivity contribution in [2.45, 2.75) is 63.8 Å². The summed E-state index contributed by atoms with van der Waals surface area (Å²) in [5.74, 6) is -0.366. The second-order valence-corrected chi connectivity index (χ2v) is 14.2. The van der Waals surface area contributed by atoms with Gasteiger partial charge in [0.1, 0.15) is 5.84 Å². The van der Waals surface area contributed by atoms with Gasteiger partial charge in [0.15, 0.2) is 5.01 Å². The topological polar surface area (TPSA) is 98.6 Å². The van der Waals surface area contributed by atoms with Gasteiger partial charge in [0.25, 0.3) is 5.91 Å². The van der Waals surface area contributed by atoms with E-state index < -0.39 is 20.3 Å². The molecule has 2 bridgehead atoms. The lowest BCUT2D eigenvalue weighted by Gasteiger charge is -2.39. The van der Waals surface area contributed by atoms with Crippen LogP contribution in [0.25, 0.3) is 0 Å². The number of aromatic nitrogens is 1. The SMILES string of the molecule is CC(C)(C)[Si](C)(C)ON1C(=O)N2C[C@H]1CC[C@H]2C(=N)NC(=O)c1nccs1. The zero-order valence-electron chi connectivity index (χ0n) is 16.4. The van der Waals surface area contributed by atoms with Crippen LogP contribution in [0.5, 0.6) is 0 Å². The van der Waals surface area contributed by atoms with E-state index in [9.17, 15) is 9.59 Å². The predicted octanol–water partition coefficient (Wildman–Crippen LogP) is 3.06. The number of fused-ring (bicyclic) bond motifs is 2. The number of hydrogen-bond donors (Lipinski definition) is 2. The van der Waals surface area contributed by atoms with Crippen LogP contribution in [0.2, 0.25) is 18.1 Å². The molecule has 0 aliphatic carbocycles. The Hall–Kier alpha value is -1.78. The number of thiazole rings is 1. The maximum absolute atomic E-state index is 13.0. The molecule has 2 atom stereocenters. The molecule has 2 aliphatic rings. The molecule has 148 valence electrons. The standard InChI is InChI=1S/C17H27N5O3SSi/c1-17(2,3)27(4,5)25-22-11-6-7-12(21(10-11)16(22)24)13(18)20-14(23)15-19-8-9-26-15/h8-9,11-12H,6-7,10H2,1-5H3,(H2,18,20,23)/t11-,12+/m1/s1. The van der Waals surface area contributed by atoms with Crippen molar-refractivity contribution in [3.63, 3.8) is 0 Å². The minimum Gasteiger partial charge on any atom is -0.315 e. The molecule has 0 radical (unpaired) electrons. The summed E-state index contributed by atoms with van der Waals surface area (Å²) in [7, 11) is -2.14. The second-order valence-electron chi connectivity index (χ2n) is 8.56.